The molecule has 0 bridgehead atoms. The van der Waals surface area contributed by atoms with Crippen molar-refractivity contribution in [2.24, 2.45) is 5.73 Å². The highest BCUT2D eigenvalue weighted by molar-refractivity contribution is 6.01. The maximum atomic E-state index is 5.73. The maximum Gasteiger partial charge on any atom is 0.107 e. The van der Waals surface area contributed by atoms with Gasteiger partial charge >= 0.3 is 0 Å². The SMILES string of the molecule is NCc1cccc(Cn2cnc3cnc4ccccc4c32)c1. The Labute approximate surface area is 128 Å². The van der Waals surface area contributed by atoms with Gasteiger partial charge in [0, 0.05) is 18.5 Å². The summed E-state index contributed by atoms with van der Waals surface area (Å²) in [6.45, 7) is 1.34. The van der Waals surface area contributed by atoms with Crippen LogP contribution in [0.15, 0.2) is 61.1 Å². The Balaban J connectivity index is 1.86. The molecule has 0 aliphatic carbocycles. The second kappa shape index (κ2) is 5.24. The summed E-state index contributed by atoms with van der Waals surface area (Å²) in [5.41, 5.74) is 11.1. The fourth-order valence-corrected chi connectivity index (χ4v) is 2.87. The number of fused-ring (bicyclic) bond motifs is 3. The highest BCUT2D eigenvalue weighted by Gasteiger charge is 2.08. The summed E-state index contributed by atoms with van der Waals surface area (Å²) in [6, 6.07) is 16.5. The van der Waals surface area contributed by atoms with E-state index >= 15 is 0 Å². The number of aromatic nitrogens is 3. The zero-order valence-electron chi connectivity index (χ0n) is 12.1. The van der Waals surface area contributed by atoms with E-state index in [1.165, 1.54) is 5.56 Å². The molecule has 0 spiro atoms. The van der Waals surface area contributed by atoms with E-state index in [-0.39, 0.29) is 0 Å². The Bertz CT molecular complexity index is 956. The van der Waals surface area contributed by atoms with E-state index in [2.05, 4.69) is 44.9 Å². The largest absolute Gasteiger partial charge is 0.326 e. The standard InChI is InChI=1S/C18H16N4/c19-9-13-4-3-5-14(8-13)11-22-12-21-17-10-20-16-7-2-1-6-15(16)18(17)22/h1-8,10,12H,9,11,19H2. The molecule has 0 saturated carbocycles. The number of imidazole rings is 1. The summed E-state index contributed by atoms with van der Waals surface area (Å²) in [5, 5.41) is 1.13. The van der Waals surface area contributed by atoms with Crippen molar-refractivity contribution >= 4 is 21.9 Å². The number of rotatable bonds is 3. The predicted molar refractivity (Wildman–Crippen MR) is 88.5 cm³/mol. The molecule has 108 valence electrons. The lowest BCUT2D eigenvalue weighted by atomic mass is 10.1. The molecule has 0 atom stereocenters. The van der Waals surface area contributed by atoms with Crippen molar-refractivity contribution in [3.63, 3.8) is 0 Å². The number of hydrogen-bond acceptors (Lipinski definition) is 3. The first-order chi connectivity index (χ1) is 10.8. The van der Waals surface area contributed by atoms with Crippen LogP contribution in [0.3, 0.4) is 0 Å². The highest BCUT2D eigenvalue weighted by Crippen LogP contribution is 2.23. The van der Waals surface area contributed by atoms with Gasteiger partial charge in [-0.3, -0.25) is 4.98 Å². The van der Waals surface area contributed by atoms with Crippen LogP contribution in [0.2, 0.25) is 0 Å². The molecule has 4 nitrogen and oxygen atoms in total. The molecule has 2 aromatic carbocycles. The summed E-state index contributed by atoms with van der Waals surface area (Å²) in [6.07, 6.45) is 3.72. The minimum atomic E-state index is 0.561. The molecule has 0 radical (unpaired) electrons. The molecule has 4 aromatic rings. The number of benzene rings is 2. The van der Waals surface area contributed by atoms with E-state index in [1.54, 1.807) is 0 Å². The van der Waals surface area contributed by atoms with Gasteiger partial charge in [-0.15, -0.1) is 0 Å². The van der Waals surface area contributed by atoms with Gasteiger partial charge in [0.25, 0.3) is 0 Å². The molecule has 0 aliphatic heterocycles. The third-order valence-corrected chi connectivity index (χ3v) is 3.93. The van der Waals surface area contributed by atoms with Gasteiger partial charge in [0.15, 0.2) is 0 Å². The van der Waals surface area contributed by atoms with Crippen LogP contribution < -0.4 is 5.73 Å². The fraction of sp³-hybridized carbons (Fsp3) is 0.111. The molecule has 22 heavy (non-hydrogen) atoms. The van der Waals surface area contributed by atoms with Crippen LogP contribution in [0.5, 0.6) is 0 Å². The van der Waals surface area contributed by atoms with Crippen molar-refractivity contribution in [3.05, 3.63) is 72.2 Å². The Morgan fingerprint density at radius 1 is 0.909 bits per heavy atom. The molecule has 0 amide bonds. The summed E-state index contributed by atoms with van der Waals surface area (Å²) < 4.78 is 2.18. The average Bonchev–Trinajstić information content (AvgIpc) is 2.98. The van der Waals surface area contributed by atoms with Gasteiger partial charge in [0.05, 0.1) is 23.6 Å². The molecule has 2 heterocycles. The molecule has 0 fully saturated rings. The summed E-state index contributed by atoms with van der Waals surface area (Å²) in [7, 11) is 0. The normalized spacial score (nSPS) is 11.3. The van der Waals surface area contributed by atoms with Crippen molar-refractivity contribution in [1.82, 2.24) is 14.5 Å². The predicted octanol–water partition coefficient (Wildman–Crippen LogP) is 3.09. The van der Waals surface area contributed by atoms with Gasteiger partial charge in [-0.2, -0.15) is 0 Å². The van der Waals surface area contributed by atoms with Crippen LogP contribution in [0.25, 0.3) is 21.9 Å². The van der Waals surface area contributed by atoms with Crippen molar-refractivity contribution in [2.45, 2.75) is 13.1 Å². The van der Waals surface area contributed by atoms with Crippen LogP contribution in [0.4, 0.5) is 0 Å². The molecule has 4 heteroatoms. The lowest BCUT2D eigenvalue weighted by molar-refractivity contribution is 0.824. The summed E-state index contributed by atoms with van der Waals surface area (Å²) in [5.74, 6) is 0. The smallest absolute Gasteiger partial charge is 0.107 e. The van der Waals surface area contributed by atoms with E-state index in [0.29, 0.717) is 6.54 Å². The number of para-hydroxylation sites is 1. The average molecular weight is 288 g/mol. The van der Waals surface area contributed by atoms with E-state index in [4.69, 9.17) is 5.73 Å². The zero-order valence-corrected chi connectivity index (χ0v) is 12.1. The van der Waals surface area contributed by atoms with E-state index < -0.39 is 0 Å². The number of hydrogen-bond donors (Lipinski definition) is 1. The lowest BCUT2D eigenvalue weighted by Crippen LogP contribution is -2.01. The third-order valence-electron chi connectivity index (χ3n) is 3.93. The zero-order chi connectivity index (χ0) is 14.9. The summed E-state index contributed by atoms with van der Waals surface area (Å²) in [4.78, 5) is 8.95. The number of pyridine rings is 1. The first kappa shape index (κ1) is 13.0. The monoisotopic (exact) mass is 288 g/mol. The second-order valence-corrected chi connectivity index (χ2v) is 5.41. The first-order valence-corrected chi connectivity index (χ1v) is 7.31. The molecular weight excluding hydrogens is 272 g/mol. The Morgan fingerprint density at radius 2 is 1.77 bits per heavy atom. The van der Waals surface area contributed by atoms with E-state index in [0.717, 1.165) is 34.0 Å². The van der Waals surface area contributed by atoms with Gasteiger partial charge in [0.1, 0.15) is 5.52 Å². The molecular formula is C18H16N4. The maximum absolute atomic E-state index is 5.73. The van der Waals surface area contributed by atoms with Gasteiger partial charge in [-0.1, -0.05) is 42.5 Å². The van der Waals surface area contributed by atoms with Crippen molar-refractivity contribution < 1.29 is 0 Å². The van der Waals surface area contributed by atoms with Crippen LogP contribution in [0, 0.1) is 0 Å². The van der Waals surface area contributed by atoms with Gasteiger partial charge < -0.3 is 10.3 Å². The first-order valence-electron chi connectivity index (χ1n) is 7.31. The van der Waals surface area contributed by atoms with Crippen molar-refractivity contribution in [3.8, 4) is 0 Å². The molecule has 2 aromatic heterocycles. The third kappa shape index (κ3) is 2.14. The molecule has 0 saturated heterocycles. The van der Waals surface area contributed by atoms with E-state index in [9.17, 15) is 0 Å². The van der Waals surface area contributed by atoms with Crippen LogP contribution >= 0.6 is 0 Å². The molecule has 2 N–H and O–H groups in total. The summed E-state index contributed by atoms with van der Waals surface area (Å²) >= 11 is 0. The van der Waals surface area contributed by atoms with Crippen LogP contribution in [0.1, 0.15) is 11.1 Å². The molecule has 0 unspecified atom stereocenters. The fourth-order valence-electron chi connectivity index (χ4n) is 2.87. The van der Waals surface area contributed by atoms with Crippen molar-refractivity contribution in [1.29, 1.82) is 0 Å². The van der Waals surface area contributed by atoms with Crippen LogP contribution in [-0.2, 0) is 13.1 Å². The molecule has 0 aliphatic rings. The lowest BCUT2D eigenvalue weighted by Gasteiger charge is -2.08. The number of nitrogens with zero attached hydrogens (tertiary/aromatic N) is 3. The second-order valence-electron chi connectivity index (χ2n) is 5.41. The quantitative estimate of drug-likeness (QED) is 0.630. The van der Waals surface area contributed by atoms with Gasteiger partial charge in [0.2, 0.25) is 0 Å². The van der Waals surface area contributed by atoms with Crippen molar-refractivity contribution in [2.75, 3.05) is 0 Å². The van der Waals surface area contributed by atoms with Gasteiger partial charge in [-0.25, -0.2) is 4.98 Å². The Morgan fingerprint density at radius 3 is 2.68 bits per heavy atom. The number of nitrogens with two attached hydrogens (primary N) is 1. The topological polar surface area (TPSA) is 56.7 Å². The Hall–Kier alpha value is -2.72. The highest BCUT2D eigenvalue weighted by atomic mass is 15.0. The minimum absolute atomic E-state index is 0.561. The van der Waals surface area contributed by atoms with E-state index in [1.807, 2.05) is 30.7 Å². The Kier molecular flexibility index (Phi) is 3.09. The minimum Gasteiger partial charge on any atom is -0.326 e. The van der Waals surface area contributed by atoms with Crippen LogP contribution in [-0.4, -0.2) is 14.5 Å². The van der Waals surface area contributed by atoms with Gasteiger partial charge in [-0.05, 0) is 17.2 Å². The molecule has 4 rings (SSSR count).